The van der Waals surface area contributed by atoms with Gasteiger partial charge in [-0.3, -0.25) is 4.79 Å². The van der Waals surface area contributed by atoms with Crippen molar-refractivity contribution in [1.29, 1.82) is 0 Å². The van der Waals surface area contributed by atoms with E-state index in [9.17, 15) is 35.5 Å². The van der Waals surface area contributed by atoms with E-state index >= 15 is 0 Å². The van der Waals surface area contributed by atoms with Crippen LogP contribution in [-0.4, -0.2) is 36.1 Å². The Hall–Kier alpha value is -3.40. The first-order chi connectivity index (χ1) is 21.7. The fourth-order valence-electron chi connectivity index (χ4n) is 7.48. The average Bonchev–Trinajstić information content (AvgIpc) is 3.01. The standard InChI is InChI=1S/C36H38F7NO2/c1-24(45)46-33(21-25-19-29(35(38,39)40)22-30(20-25)36(41,42)43)23-34(28-5-3-2-4-6-28)15-11-32(12-16-34)44-17-13-27(14-18-44)26-7-9-31(37)10-8-26/h2-10,19-20,22,27,32-33H,11-18,21,23H2,1H3/t32?,33-,34?/m1/s1. The van der Waals surface area contributed by atoms with Crippen molar-refractivity contribution in [3.8, 4) is 0 Å². The maximum absolute atomic E-state index is 13.6. The van der Waals surface area contributed by atoms with Crippen LogP contribution >= 0.6 is 0 Å². The van der Waals surface area contributed by atoms with Gasteiger partial charge >= 0.3 is 18.3 Å². The van der Waals surface area contributed by atoms with E-state index in [1.165, 1.54) is 19.1 Å². The highest BCUT2D eigenvalue weighted by Crippen LogP contribution is 2.46. The van der Waals surface area contributed by atoms with Crippen LogP contribution < -0.4 is 0 Å². The van der Waals surface area contributed by atoms with Crippen molar-refractivity contribution >= 4 is 5.97 Å². The highest BCUT2D eigenvalue weighted by molar-refractivity contribution is 5.66. The summed E-state index contributed by atoms with van der Waals surface area (Å²) >= 11 is 0. The van der Waals surface area contributed by atoms with Crippen molar-refractivity contribution in [1.82, 2.24) is 4.90 Å². The number of likely N-dealkylation sites (tertiary alicyclic amines) is 1. The Labute approximate surface area is 264 Å². The largest absolute Gasteiger partial charge is 0.462 e. The number of hydrogen-bond acceptors (Lipinski definition) is 3. The molecule has 2 aliphatic rings. The Morgan fingerprint density at radius 1 is 0.848 bits per heavy atom. The summed E-state index contributed by atoms with van der Waals surface area (Å²) < 4.78 is 101. The van der Waals surface area contributed by atoms with Crippen LogP contribution in [0.1, 0.15) is 85.6 Å². The Bertz CT molecular complexity index is 1420. The third-order valence-electron chi connectivity index (χ3n) is 9.75. The van der Waals surface area contributed by atoms with Crippen LogP contribution in [0, 0.1) is 5.82 Å². The van der Waals surface area contributed by atoms with Crippen LogP contribution in [0.25, 0.3) is 0 Å². The number of alkyl halides is 6. The van der Waals surface area contributed by atoms with Crippen LogP contribution in [-0.2, 0) is 33.7 Å². The lowest BCUT2D eigenvalue weighted by atomic mass is 9.64. The number of carbonyl (C=O) groups excluding carboxylic acids is 1. The van der Waals surface area contributed by atoms with Gasteiger partial charge in [-0.25, -0.2) is 4.39 Å². The maximum atomic E-state index is 13.6. The maximum Gasteiger partial charge on any atom is 0.416 e. The van der Waals surface area contributed by atoms with E-state index < -0.39 is 41.0 Å². The van der Waals surface area contributed by atoms with Gasteiger partial charge < -0.3 is 9.64 Å². The number of benzene rings is 3. The molecule has 1 saturated carbocycles. The van der Waals surface area contributed by atoms with Gasteiger partial charge in [-0.15, -0.1) is 0 Å². The van der Waals surface area contributed by atoms with E-state index in [4.69, 9.17) is 4.74 Å². The van der Waals surface area contributed by atoms with Crippen LogP contribution in [0.4, 0.5) is 30.7 Å². The fourth-order valence-corrected chi connectivity index (χ4v) is 7.48. The van der Waals surface area contributed by atoms with Gasteiger partial charge in [0.2, 0.25) is 0 Å². The molecule has 0 N–H and O–H groups in total. The minimum Gasteiger partial charge on any atom is -0.462 e. The Morgan fingerprint density at radius 3 is 1.93 bits per heavy atom. The lowest BCUT2D eigenvalue weighted by Crippen LogP contribution is -2.46. The van der Waals surface area contributed by atoms with Crippen molar-refractivity contribution in [2.24, 2.45) is 0 Å². The molecule has 0 aromatic heterocycles. The zero-order chi connectivity index (χ0) is 33.1. The Morgan fingerprint density at radius 2 is 1.41 bits per heavy atom. The first kappa shape index (κ1) is 33.9. The van der Waals surface area contributed by atoms with E-state index in [0.717, 1.165) is 62.7 Å². The number of carbonyl (C=O) groups is 1. The monoisotopic (exact) mass is 649 g/mol. The molecule has 0 radical (unpaired) electrons. The molecule has 1 saturated heterocycles. The van der Waals surface area contributed by atoms with E-state index in [0.29, 0.717) is 24.1 Å². The SMILES string of the molecule is CC(=O)O[C@H](Cc1cc(C(F)(F)F)cc(C(F)(F)F)c1)CC1(c2ccccc2)CCC(N2CCC(c3ccc(F)cc3)CC2)CC1. The number of nitrogens with zero attached hydrogens (tertiary/aromatic N) is 1. The van der Waals surface area contributed by atoms with E-state index in [-0.39, 0.29) is 30.3 Å². The van der Waals surface area contributed by atoms with Gasteiger partial charge in [0.25, 0.3) is 0 Å². The molecule has 1 aliphatic heterocycles. The van der Waals surface area contributed by atoms with Gasteiger partial charge in [0.15, 0.2) is 0 Å². The summed E-state index contributed by atoms with van der Waals surface area (Å²) in [5, 5.41) is 0. The predicted octanol–water partition coefficient (Wildman–Crippen LogP) is 9.49. The Kier molecular flexibility index (Phi) is 10.2. The topological polar surface area (TPSA) is 29.5 Å². The number of halogens is 7. The molecule has 3 nitrogen and oxygen atoms in total. The molecule has 1 heterocycles. The van der Waals surface area contributed by atoms with Crippen LogP contribution in [0.2, 0.25) is 0 Å². The predicted molar refractivity (Wildman–Crippen MR) is 161 cm³/mol. The summed E-state index contributed by atoms with van der Waals surface area (Å²) in [5.74, 6) is -0.516. The van der Waals surface area contributed by atoms with E-state index in [1.807, 2.05) is 42.5 Å². The second kappa shape index (κ2) is 13.8. The van der Waals surface area contributed by atoms with E-state index in [1.54, 1.807) is 0 Å². The van der Waals surface area contributed by atoms with Crippen molar-refractivity contribution in [3.05, 3.63) is 106 Å². The molecule has 2 fully saturated rings. The van der Waals surface area contributed by atoms with Gasteiger partial charge in [0.05, 0.1) is 11.1 Å². The van der Waals surface area contributed by atoms with E-state index in [2.05, 4.69) is 4.90 Å². The summed E-state index contributed by atoms with van der Waals surface area (Å²) in [5.41, 5.74) is -1.28. The molecule has 1 atom stereocenters. The van der Waals surface area contributed by atoms with Crippen LogP contribution in [0.5, 0.6) is 0 Å². The molecule has 46 heavy (non-hydrogen) atoms. The fraction of sp³-hybridized carbons (Fsp3) is 0.472. The Balaban J connectivity index is 1.34. The van der Waals surface area contributed by atoms with Crippen LogP contribution in [0.15, 0.2) is 72.8 Å². The molecule has 0 amide bonds. The summed E-state index contributed by atoms with van der Waals surface area (Å²) in [6.07, 6.45) is -5.76. The molecule has 5 rings (SSSR count). The van der Waals surface area contributed by atoms with Gasteiger partial charge in [0, 0.05) is 19.4 Å². The van der Waals surface area contributed by atoms with Gasteiger partial charge in [-0.2, -0.15) is 26.3 Å². The molecular weight excluding hydrogens is 611 g/mol. The first-order valence-electron chi connectivity index (χ1n) is 15.7. The third kappa shape index (κ3) is 8.30. The molecule has 10 heteroatoms. The van der Waals surface area contributed by atoms with Crippen LogP contribution in [0.3, 0.4) is 0 Å². The second-order valence-electron chi connectivity index (χ2n) is 12.8. The third-order valence-corrected chi connectivity index (χ3v) is 9.75. The quantitative estimate of drug-likeness (QED) is 0.180. The number of piperidine rings is 1. The summed E-state index contributed by atoms with van der Waals surface area (Å²) in [7, 11) is 0. The number of hydrogen-bond donors (Lipinski definition) is 0. The molecule has 1 aliphatic carbocycles. The second-order valence-corrected chi connectivity index (χ2v) is 12.8. The number of esters is 1. The highest BCUT2D eigenvalue weighted by atomic mass is 19.4. The summed E-state index contributed by atoms with van der Waals surface area (Å²) in [6, 6.07) is 18.3. The minimum atomic E-state index is -4.97. The molecule has 0 unspecified atom stereocenters. The zero-order valence-corrected chi connectivity index (χ0v) is 25.6. The van der Waals surface area contributed by atoms with Gasteiger partial charge in [-0.1, -0.05) is 42.5 Å². The van der Waals surface area contributed by atoms with Gasteiger partial charge in [0.1, 0.15) is 11.9 Å². The molecule has 248 valence electrons. The van der Waals surface area contributed by atoms with Gasteiger partial charge in [-0.05, 0) is 116 Å². The summed E-state index contributed by atoms with van der Waals surface area (Å²) in [4.78, 5) is 14.7. The molecule has 0 bridgehead atoms. The zero-order valence-electron chi connectivity index (χ0n) is 25.6. The summed E-state index contributed by atoms with van der Waals surface area (Å²) in [6.45, 7) is 3.03. The molecule has 3 aromatic rings. The molecular formula is C36H38F7NO2. The van der Waals surface area contributed by atoms with Crippen molar-refractivity contribution in [3.63, 3.8) is 0 Å². The lowest BCUT2D eigenvalue weighted by molar-refractivity contribution is -0.148. The normalized spacial score (nSPS) is 22.4. The van der Waals surface area contributed by atoms with Crippen molar-refractivity contribution in [2.75, 3.05) is 13.1 Å². The average molecular weight is 650 g/mol. The highest BCUT2D eigenvalue weighted by Gasteiger charge is 2.42. The lowest BCUT2D eigenvalue weighted by Gasteiger charge is -2.46. The van der Waals surface area contributed by atoms with Crippen molar-refractivity contribution in [2.45, 2.75) is 94.1 Å². The smallest absolute Gasteiger partial charge is 0.416 e. The minimum absolute atomic E-state index is 0.111. The molecule has 3 aromatic carbocycles. The first-order valence-corrected chi connectivity index (χ1v) is 15.7. The molecule has 0 spiro atoms. The number of rotatable bonds is 8. The number of ether oxygens (including phenoxy) is 1. The van der Waals surface area contributed by atoms with Crippen molar-refractivity contribution < 1.29 is 40.3 Å².